The minimum absolute atomic E-state index is 0.0945. The zero-order chi connectivity index (χ0) is 20.3. The first-order valence-corrected chi connectivity index (χ1v) is 9.97. The van der Waals surface area contributed by atoms with Crippen LogP contribution in [0.1, 0.15) is 24.1 Å². The first kappa shape index (κ1) is 20.5. The summed E-state index contributed by atoms with van der Waals surface area (Å²) in [4.78, 5) is 27.0. The smallest absolute Gasteiger partial charge is 0.333 e. The molecule has 8 heteroatoms. The summed E-state index contributed by atoms with van der Waals surface area (Å²) in [7, 11) is 0. The van der Waals surface area contributed by atoms with Crippen LogP contribution < -0.4 is 0 Å². The normalized spacial score (nSPS) is 16.5. The van der Waals surface area contributed by atoms with Crippen LogP contribution in [-0.2, 0) is 14.3 Å². The lowest BCUT2D eigenvalue weighted by molar-refractivity contribution is -0.151. The van der Waals surface area contributed by atoms with Crippen LogP contribution in [0, 0.1) is 5.82 Å². The van der Waals surface area contributed by atoms with Gasteiger partial charge in [-0.2, -0.15) is 0 Å². The Balaban J connectivity index is 2.01. The Bertz CT molecular complexity index is 945. The Labute approximate surface area is 176 Å². The highest BCUT2D eigenvalue weighted by Crippen LogP contribution is 2.39. The maximum atomic E-state index is 14.1. The summed E-state index contributed by atoms with van der Waals surface area (Å²) >= 11 is 12.4. The van der Waals surface area contributed by atoms with E-state index in [4.69, 9.17) is 28.6 Å². The largest absolute Gasteiger partial charge is 0.464 e. The summed E-state index contributed by atoms with van der Waals surface area (Å²) in [6, 6.07) is 12.0. The molecule has 1 heterocycles. The predicted molar refractivity (Wildman–Crippen MR) is 112 cm³/mol. The van der Waals surface area contributed by atoms with Crippen LogP contribution in [0.5, 0.6) is 0 Å². The summed E-state index contributed by atoms with van der Waals surface area (Å²) in [6.45, 7) is 1.85. The molecule has 0 N–H and O–H groups in total. The average Bonchev–Trinajstić information content (AvgIpc) is 2.94. The molecule has 28 heavy (non-hydrogen) atoms. The number of rotatable bonds is 5. The maximum absolute atomic E-state index is 14.1. The maximum Gasteiger partial charge on any atom is 0.333 e. The molecule has 0 aromatic heterocycles. The first-order chi connectivity index (χ1) is 13.4. The highest BCUT2D eigenvalue weighted by atomic mass is 35.5. The third kappa shape index (κ3) is 4.11. The van der Waals surface area contributed by atoms with E-state index in [0.29, 0.717) is 5.56 Å². The van der Waals surface area contributed by atoms with Crippen molar-refractivity contribution in [3.05, 3.63) is 75.4 Å². The fourth-order valence-electron chi connectivity index (χ4n) is 2.73. The summed E-state index contributed by atoms with van der Waals surface area (Å²) < 4.78 is 19.4. The van der Waals surface area contributed by atoms with Crippen molar-refractivity contribution < 1.29 is 18.7 Å². The lowest BCUT2D eigenvalue weighted by Gasteiger charge is -2.25. The highest BCUT2D eigenvalue weighted by molar-refractivity contribution is 8.26. The number of thioether (sulfide) groups is 1. The van der Waals surface area contributed by atoms with Gasteiger partial charge in [-0.05, 0) is 30.7 Å². The first-order valence-electron chi connectivity index (χ1n) is 8.36. The van der Waals surface area contributed by atoms with Gasteiger partial charge in [0.1, 0.15) is 10.1 Å². The number of thiocarbonyl (C=S) groups is 1. The molecule has 0 aliphatic carbocycles. The molecule has 1 atom stereocenters. The van der Waals surface area contributed by atoms with Crippen molar-refractivity contribution in [1.29, 1.82) is 0 Å². The molecular weight excluding hydrogens is 421 g/mol. The molecule has 1 aliphatic rings. The lowest BCUT2D eigenvalue weighted by Crippen LogP contribution is -2.38. The Morgan fingerprint density at radius 2 is 2.00 bits per heavy atom. The van der Waals surface area contributed by atoms with E-state index in [1.165, 1.54) is 29.2 Å². The lowest BCUT2D eigenvalue weighted by atomic mass is 10.1. The van der Waals surface area contributed by atoms with Crippen molar-refractivity contribution in [2.24, 2.45) is 0 Å². The van der Waals surface area contributed by atoms with Gasteiger partial charge in [0, 0.05) is 5.56 Å². The fraction of sp³-hybridized carbons (Fsp3) is 0.150. The van der Waals surface area contributed by atoms with Crippen LogP contribution in [0.15, 0.2) is 53.4 Å². The summed E-state index contributed by atoms with van der Waals surface area (Å²) in [6.07, 6.45) is 1.35. The number of halogens is 2. The van der Waals surface area contributed by atoms with Gasteiger partial charge in [0.05, 0.1) is 16.5 Å². The molecule has 1 aliphatic heterocycles. The molecule has 1 unspecified atom stereocenters. The van der Waals surface area contributed by atoms with Gasteiger partial charge in [0.2, 0.25) is 0 Å². The second-order valence-corrected chi connectivity index (χ2v) is 7.84. The second kappa shape index (κ2) is 8.86. The van der Waals surface area contributed by atoms with Crippen molar-refractivity contribution in [2.75, 3.05) is 6.61 Å². The molecule has 2 aromatic rings. The van der Waals surface area contributed by atoms with Gasteiger partial charge in [-0.25, -0.2) is 9.18 Å². The molecule has 2 aromatic carbocycles. The van der Waals surface area contributed by atoms with E-state index in [2.05, 4.69) is 0 Å². The Hall–Kier alpha value is -2.22. The molecule has 4 nitrogen and oxygen atoms in total. The third-order valence-electron chi connectivity index (χ3n) is 3.98. The molecule has 3 rings (SSSR count). The fourth-order valence-corrected chi connectivity index (χ4v) is 4.24. The zero-order valence-electron chi connectivity index (χ0n) is 14.7. The van der Waals surface area contributed by atoms with Crippen LogP contribution in [-0.4, -0.2) is 27.7 Å². The SMILES string of the molecule is CCOC(=O)C(c1ccccc1)N1C(=O)/C(=C\c2c(F)cccc2Cl)SC1=S. The monoisotopic (exact) mass is 435 g/mol. The van der Waals surface area contributed by atoms with Crippen LogP contribution in [0.4, 0.5) is 4.39 Å². The summed E-state index contributed by atoms with van der Waals surface area (Å²) in [5.41, 5.74) is 0.666. The number of carbonyl (C=O) groups is 2. The van der Waals surface area contributed by atoms with Crippen molar-refractivity contribution in [1.82, 2.24) is 4.90 Å². The summed E-state index contributed by atoms with van der Waals surface area (Å²) in [5, 5.41) is 0.176. The van der Waals surface area contributed by atoms with Crippen molar-refractivity contribution >= 4 is 57.9 Å². The molecule has 1 amide bonds. The van der Waals surface area contributed by atoms with Crippen LogP contribution in [0.3, 0.4) is 0 Å². The minimum atomic E-state index is -1.02. The molecule has 0 bridgehead atoms. The number of hydrogen-bond donors (Lipinski definition) is 0. The molecule has 0 saturated carbocycles. The second-order valence-electron chi connectivity index (χ2n) is 5.75. The number of ether oxygens (including phenoxy) is 1. The summed E-state index contributed by atoms with van der Waals surface area (Å²) in [5.74, 6) is -1.64. The minimum Gasteiger partial charge on any atom is -0.464 e. The van der Waals surface area contributed by atoms with E-state index in [0.717, 1.165) is 11.8 Å². The van der Waals surface area contributed by atoms with E-state index in [1.807, 2.05) is 0 Å². The number of amides is 1. The van der Waals surface area contributed by atoms with Crippen molar-refractivity contribution in [3.63, 3.8) is 0 Å². The number of nitrogens with zero attached hydrogens (tertiary/aromatic N) is 1. The number of carbonyl (C=O) groups excluding carboxylic acids is 2. The van der Waals surface area contributed by atoms with Crippen molar-refractivity contribution in [2.45, 2.75) is 13.0 Å². The van der Waals surface area contributed by atoms with Gasteiger partial charge < -0.3 is 4.74 Å². The van der Waals surface area contributed by atoms with E-state index in [1.54, 1.807) is 37.3 Å². The Kier molecular flexibility index (Phi) is 6.49. The van der Waals surface area contributed by atoms with Crippen molar-refractivity contribution in [3.8, 4) is 0 Å². The molecule has 1 fully saturated rings. The van der Waals surface area contributed by atoms with Gasteiger partial charge >= 0.3 is 5.97 Å². The van der Waals surface area contributed by atoms with E-state index in [9.17, 15) is 14.0 Å². The molecular formula is C20H15ClFNO3S2. The molecule has 1 saturated heterocycles. The van der Waals surface area contributed by atoms with E-state index in [-0.39, 0.29) is 26.4 Å². The molecule has 0 radical (unpaired) electrons. The number of hydrogen-bond acceptors (Lipinski definition) is 5. The van der Waals surface area contributed by atoms with Gasteiger partial charge in [-0.1, -0.05) is 72.0 Å². The van der Waals surface area contributed by atoms with Gasteiger partial charge in [-0.15, -0.1) is 0 Å². The topological polar surface area (TPSA) is 46.6 Å². The predicted octanol–water partition coefficient (Wildman–Crippen LogP) is 4.98. The van der Waals surface area contributed by atoms with Gasteiger partial charge in [-0.3, -0.25) is 9.69 Å². The van der Waals surface area contributed by atoms with E-state index >= 15 is 0 Å². The molecule has 0 spiro atoms. The highest BCUT2D eigenvalue weighted by Gasteiger charge is 2.42. The Morgan fingerprint density at radius 3 is 2.64 bits per heavy atom. The van der Waals surface area contributed by atoms with Crippen LogP contribution in [0.25, 0.3) is 6.08 Å². The van der Waals surface area contributed by atoms with Gasteiger partial charge in [0.25, 0.3) is 5.91 Å². The molecule has 144 valence electrons. The standard InChI is InChI=1S/C20H15ClFNO3S2/c1-2-26-19(25)17(12-7-4-3-5-8-12)23-18(24)16(28-20(23)27)11-13-14(21)9-6-10-15(13)22/h3-11,17H,2H2,1H3/b16-11+. The van der Waals surface area contributed by atoms with Crippen LogP contribution >= 0.6 is 35.6 Å². The van der Waals surface area contributed by atoms with Crippen LogP contribution in [0.2, 0.25) is 5.02 Å². The van der Waals surface area contributed by atoms with E-state index < -0.39 is 23.7 Å². The number of esters is 1. The Morgan fingerprint density at radius 1 is 1.29 bits per heavy atom. The zero-order valence-corrected chi connectivity index (χ0v) is 17.1. The average molecular weight is 436 g/mol. The third-order valence-corrected chi connectivity index (χ3v) is 5.64. The van der Waals surface area contributed by atoms with Gasteiger partial charge in [0.15, 0.2) is 6.04 Å². The quantitative estimate of drug-likeness (QED) is 0.376. The number of benzene rings is 2.